The lowest BCUT2D eigenvalue weighted by Gasteiger charge is -2.17. The monoisotopic (exact) mass is 436 g/mol. The fourth-order valence-electron chi connectivity index (χ4n) is 3.75. The Balaban J connectivity index is 1.37. The number of halogens is 1. The number of aryl methyl sites for hydroxylation is 1. The highest BCUT2D eigenvalue weighted by atomic mass is 19.1. The van der Waals surface area contributed by atoms with Gasteiger partial charge in [-0.25, -0.2) is 9.07 Å². The number of nitrogens with one attached hydrogen (secondary N) is 2. The van der Waals surface area contributed by atoms with E-state index in [-0.39, 0.29) is 23.5 Å². The summed E-state index contributed by atoms with van der Waals surface area (Å²) in [5.41, 5.74) is 3.80. The molecule has 0 atom stereocenters. The number of hydrogen-bond acceptors (Lipinski definition) is 4. The molecule has 0 aliphatic carbocycles. The second-order valence-electron chi connectivity index (χ2n) is 7.96. The van der Waals surface area contributed by atoms with Crippen molar-refractivity contribution in [2.24, 2.45) is 0 Å². The van der Waals surface area contributed by atoms with Gasteiger partial charge in [-0.1, -0.05) is 13.8 Å². The minimum atomic E-state index is -0.325. The lowest BCUT2D eigenvalue weighted by Crippen LogP contribution is -2.29. The molecule has 0 fully saturated rings. The molecule has 2 N–H and O–H groups in total. The maximum atomic E-state index is 13.3. The molecule has 166 valence electrons. The molecule has 2 amide bonds. The van der Waals surface area contributed by atoms with Crippen molar-refractivity contribution < 1.29 is 18.7 Å². The van der Waals surface area contributed by atoms with E-state index >= 15 is 0 Å². The average molecular weight is 436 g/mol. The van der Waals surface area contributed by atoms with Gasteiger partial charge in [0, 0.05) is 12.1 Å². The number of amides is 2. The molecule has 0 saturated heterocycles. The van der Waals surface area contributed by atoms with Crippen LogP contribution >= 0.6 is 0 Å². The third-order valence-electron chi connectivity index (χ3n) is 5.30. The first-order valence-corrected chi connectivity index (χ1v) is 10.6. The largest absolute Gasteiger partial charge is 0.492 e. The van der Waals surface area contributed by atoms with Gasteiger partial charge in [0.05, 0.1) is 29.7 Å². The van der Waals surface area contributed by atoms with Crippen molar-refractivity contribution >= 4 is 17.5 Å². The van der Waals surface area contributed by atoms with Gasteiger partial charge >= 0.3 is 0 Å². The van der Waals surface area contributed by atoms with E-state index in [0.717, 1.165) is 16.9 Å². The first-order chi connectivity index (χ1) is 15.4. The molecule has 32 heavy (non-hydrogen) atoms. The lowest BCUT2D eigenvalue weighted by atomic mass is 10.0. The summed E-state index contributed by atoms with van der Waals surface area (Å²) in [7, 11) is 0. The average Bonchev–Trinajstić information content (AvgIpc) is 3.23. The molecule has 0 saturated carbocycles. The molecule has 7 nitrogen and oxygen atoms in total. The van der Waals surface area contributed by atoms with Crippen LogP contribution in [0.5, 0.6) is 5.75 Å². The summed E-state index contributed by atoms with van der Waals surface area (Å²) in [4.78, 5) is 24.2. The van der Waals surface area contributed by atoms with E-state index in [2.05, 4.69) is 15.7 Å². The van der Waals surface area contributed by atoms with Crippen molar-refractivity contribution in [2.45, 2.75) is 32.6 Å². The molecular weight excluding hydrogens is 411 g/mol. The number of carbonyl (C=O) groups is 2. The van der Waals surface area contributed by atoms with Crippen LogP contribution in [0.4, 0.5) is 10.1 Å². The van der Waals surface area contributed by atoms with Gasteiger partial charge in [0.15, 0.2) is 0 Å². The minimum absolute atomic E-state index is 0.0254. The summed E-state index contributed by atoms with van der Waals surface area (Å²) in [6, 6.07) is 11.6. The van der Waals surface area contributed by atoms with Gasteiger partial charge in [-0.05, 0) is 60.4 Å². The Labute approximate surface area is 185 Å². The van der Waals surface area contributed by atoms with E-state index < -0.39 is 0 Å². The molecule has 3 aromatic rings. The fourth-order valence-corrected chi connectivity index (χ4v) is 3.75. The first-order valence-electron chi connectivity index (χ1n) is 10.6. The summed E-state index contributed by atoms with van der Waals surface area (Å²) >= 11 is 0. The van der Waals surface area contributed by atoms with Crippen LogP contribution in [0.3, 0.4) is 0 Å². The molecule has 4 rings (SSSR count). The Morgan fingerprint density at radius 1 is 1.22 bits per heavy atom. The molecular formula is C24H25FN4O3. The number of benzene rings is 2. The highest BCUT2D eigenvalue weighted by Crippen LogP contribution is 2.27. The highest BCUT2D eigenvalue weighted by molar-refractivity contribution is 5.95. The third kappa shape index (κ3) is 4.64. The molecule has 1 aliphatic rings. The van der Waals surface area contributed by atoms with Crippen molar-refractivity contribution in [1.82, 2.24) is 15.1 Å². The van der Waals surface area contributed by atoms with Crippen LogP contribution in [0.25, 0.3) is 5.69 Å². The number of nitrogens with zero attached hydrogens (tertiary/aromatic N) is 2. The SMILES string of the molecule is CC(C)c1c(C(=O)NCCOc2ccc3c(c2)CCC(=O)N3)cnn1-c1ccc(F)cc1. The second-order valence-corrected chi connectivity index (χ2v) is 7.96. The molecule has 0 bridgehead atoms. The molecule has 2 heterocycles. The van der Waals surface area contributed by atoms with Crippen LogP contribution in [-0.4, -0.2) is 34.7 Å². The number of aromatic nitrogens is 2. The third-order valence-corrected chi connectivity index (χ3v) is 5.30. The van der Waals surface area contributed by atoms with Gasteiger partial charge in [-0.3, -0.25) is 9.59 Å². The smallest absolute Gasteiger partial charge is 0.254 e. The Morgan fingerprint density at radius 3 is 2.75 bits per heavy atom. The van der Waals surface area contributed by atoms with E-state index in [1.54, 1.807) is 22.9 Å². The number of carbonyl (C=O) groups excluding carboxylic acids is 2. The maximum absolute atomic E-state index is 13.3. The molecule has 2 aromatic carbocycles. The quantitative estimate of drug-likeness (QED) is 0.552. The van der Waals surface area contributed by atoms with Gasteiger partial charge in [-0.15, -0.1) is 0 Å². The fraction of sp³-hybridized carbons (Fsp3) is 0.292. The van der Waals surface area contributed by atoms with E-state index in [1.807, 2.05) is 26.0 Å². The van der Waals surface area contributed by atoms with Crippen molar-refractivity contribution in [1.29, 1.82) is 0 Å². The number of ether oxygens (including phenoxy) is 1. The summed E-state index contributed by atoms with van der Waals surface area (Å²) in [6.07, 6.45) is 2.69. The van der Waals surface area contributed by atoms with Gasteiger partial charge in [0.25, 0.3) is 5.91 Å². The first kappa shape index (κ1) is 21.5. The summed E-state index contributed by atoms with van der Waals surface area (Å²) < 4.78 is 20.7. The Hall–Kier alpha value is -3.68. The van der Waals surface area contributed by atoms with Gasteiger partial charge < -0.3 is 15.4 Å². The van der Waals surface area contributed by atoms with Gasteiger partial charge in [0.2, 0.25) is 5.91 Å². The topological polar surface area (TPSA) is 85.2 Å². The van der Waals surface area contributed by atoms with Crippen molar-refractivity contribution in [3.63, 3.8) is 0 Å². The van der Waals surface area contributed by atoms with Gasteiger partial charge in [-0.2, -0.15) is 5.10 Å². The molecule has 8 heteroatoms. The Morgan fingerprint density at radius 2 is 2.00 bits per heavy atom. The summed E-state index contributed by atoms with van der Waals surface area (Å²) in [5, 5.41) is 10.1. The molecule has 0 spiro atoms. The summed E-state index contributed by atoms with van der Waals surface area (Å²) in [6.45, 7) is 4.59. The number of fused-ring (bicyclic) bond motifs is 1. The zero-order valence-corrected chi connectivity index (χ0v) is 18.0. The van der Waals surface area contributed by atoms with Crippen LogP contribution in [0, 0.1) is 5.82 Å². The minimum Gasteiger partial charge on any atom is -0.492 e. The zero-order valence-electron chi connectivity index (χ0n) is 18.0. The highest BCUT2D eigenvalue weighted by Gasteiger charge is 2.21. The predicted molar refractivity (Wildman–Crippen MR) is 119 cm³/mol. The number of anilines is 1. The standard InChI is InChI=1S/C24H25FN4O3/c1-15(2)23-20(14-27-29(23)18-6-4-17(25)5-7-18)24(31)26-11-12-32-19-8-9-21-16(13-19)3-10-22(30)28-21/h4-9,13-15H,3,10-12H2,1-2H3,(H,26,31)(H,28,30). The summed E-state index contributed by atoms with van der Waals surface area (Å²) in [5.74, 6) is 0.196. The Kier molecular flexibility index (Phi) is 6.20. The Bertz CT molecular complexity index is 1140. The van der Waals surface area contributed by atoms with Crippen molar-refractivity contribution in [3.05, 3.63) is 71.3 Å². The molecule has 0 radical (unpaired) electrons. The number of hydrogen-bond donors (Lipinski definition) is 2. The lowest BCUT2D eigenvalue weighted by molar-refractivity contribution is -0.116. The van der Waals surface area contributed by atoms with Crippen LogP contribution in [0.1, 0.15) is 47.8 Å². The van der Waals surface area contributed by atoms with E-state index in [1.165, 1.54) is 18.3 Å². The molecule has 1 aromatic heterocycles. The zero-order chi connectivity index (χ0) is 22.7. The van der Waals surface area contributed by atoms with Crippen LogP contribution in [0.2, 0.25) is 0 Å². The van der Waals surface area contributed by atoms with E-state index in [0.29, 0.717) is 43.0 Å². The second kappa shape index (κ2) is 9.21. The van der Waals surface area contributed by atoms with E-state index in [4.69, 9.17) is 4.74 Å². The molecule has 0 unspecified atom stereocenters. The van der Waals surface area contributed by atoms with Crippen LogP contribution < -0.4 is 15.4 Å². The van der Waals surface area contributed by atoms with Crippen LogP contribution in [-0.2, 0) is 11.2 Å². The maximum Gasteiger partial charge on any atom is 0.254 e. The number of rotatable bonds is 7. The van der Waals surface area contributed by atoms with Gasteiger partial charge in [0.1, 0.15) is 18.2 Å². The normalized spacial score (nSPS) is 12.9. The predicted octanol–water partition coefficient (Wildman–Crippen LogP) is 3.83. The van der Waals surface area contributed by atoms with E-state index in [9.17, 15) is 14.0 Å². The van der Waals surface area contributed by atoms with Crippen molar-refractivity contribution in [2.75, 3.05) is 18.5 Å². The van der Waals surface area contributed by atoms with Crippen LogP contribution in [0.15, 0.2) is 48.7 Å². The van der Waals surface area contributed by atoms with Crippen molar-refractivity contribution in [3.8, 4) is 11.4 Å². The molecule has 1 aliphatic heterocycles.